The molecule has 0 saturated heterocycles. The maximum Gasteiger partial charge on any atom is 0.339 e. The monoisotopic (exact) mass is 260 g/mol. The second kappa shape index (κ2) is 5.56. The highest BCUT2D eigenvalue weighted by molar-refractivity contribution is 5.88. The predicted octanol–water partition coefficient (Wildman–Crippen LogP) is 2.53. The molecule has 0 amide bonds. The highest BCUT2D eigenvalue weighted by Crippen LogP contribution is 2.17. The van der Waals surface area contributed by atoms with Gasteiger partial charge in [-0.15, -0.1) is 0 Å². The fourth-order valence-electron chi connectivity index (χ4n) is 1.84. The Hall–Kier alpha value is -2.30. The molecule has 19 heavy (non-hydrogen) atoms. The maximum absolute atomic E-state index is 11.1. The van der Waals surface area contributed by atoms with Crippen LogP contribution in [0.2, 0.25) is 0 Å². The molecule has 1 heterocycles. The van der Waals surface area contributed by atoms with E-state index in [1.807, 2.05) is 38.1 Å². The first-order valence-electron chi connectivity index (χ1n) is 6.20. The van der Waals surface area contributed by atoms with Crippen LogP contribution in [0.15, 0.2) is 30.5 Å². The quantitative estimate of drug-likeness (QED) is 0.897. The Morgan fingerprint density at radius 3 is 2.47 bits per heavy atom. The standard InChI is InChI=1S/C14H16N2O3/c1-3-13-12(14(17)18)9-16(15-13)10-5-7-11(8-6-10)19-4-2/h5-9H,3-4H2,1-2H3,(H,17,18). The normalized spacial score (nSPS) is 10.4. The summed E-state index contributed by atoms with van der Waals surface area (Å²) < 4.78 is 6.94. The average molecular weight is 260 g/mol. The van der Waals surface area contributed by atoms with Crippen molar-refractivity contribution in [2.45, 2.75) is 20.3 Å². The molecular weight excluding hydrogens is 244 g/mol. The first-order valence-corrected chi connectivity index (χ1v) is 6.20. The number of hydrogen-bond acceptors (Lipinski definition) is 3. The Balaban J connectivity index is 2.33. The van der Waals surface area contributed by atoms with Crippen molar-refractivity contribution in [2.75, 3.05) is 6.61 Å². The van der Waals surface area contributed by atoms with E-state index in [1.54, 1.807) is 4.68 Å². The van der Waals surface area contributed by atoms with E-state index in [1.165, 1.54) is 6.20 Å². The lowest BCUT2D eigenvalue weighted by molar-refractivity contribution is 0.0695. The van der Waals surface area contributed by atoms with Crippen LogP contribution in [0.3, 0.4) is 0 Å². The zero-order chi connectivity index (χ0) is 13.8. The average Bonchev–Trinajstić information content (AvgIpc) is 2.84. The van der Waals surface area contributed by atoms with Gasteiger partial charge in [0, 0.05) is 6.20 Å². The SMILES string of the molecule is CCOc1ccc(-n2cc(C(=O)O)c(CC)n2)cc1. The molecule has 0 unspecified atom stereocenters. The molecular formula is C14H16N2O3. The fraction of sp³-hybridized carbons (Fsp3) is 0.286. The minimum Gasteiger partial charge on any atom is -0.494 e. The van der Waals surface area contributed by atoms with Crippen molar-refractivity contribution >= 4 is 5.97 Å². The minimum absolute atomic E-state index is 0.247. The molecule has 0 saturated carbocycles. The van der Waals surface area contributed by atoms with Gasteiger partial charge in [0.05, 0.1) is 18.0 Å². The molecule has 0 aliphatic carbocycles. The van der Waals surface area contributed by atoms with E-state index in [0.717, 1.165) is 11.4 Å². The van der Waals surface area contributed by atoms with Crippen LogP contribution in [0, 0.1) is 0 Å². The molecule has 2 rings (SSSR count). The van der Waals surface area contributed by atoms with Gasteiger partial charge in [-0.25, -0.2) is 9.48 Å². The lowest BCUT2D eigenvalue weighted by Crippen LogP contribution is -1.98. The van der Waals surface area contributed by atoms with Crippen molar-refractivity contribution in [1.82, 2.24) is 9.78 Å². The summed E-state index contributed by atoms with van der Waals surface area (Å²) in [6, 6.07) is 7.38. The molecule has 2 aromatic rings. The largest absolute Gasteiger partial charge is 0.494 e. The molecule has 0 aliphatic heterocycles. The summed E-state index contributed by atoms with van der Waals surface area (Å²) in [6.07, 6.45) is 2.13. The molecule has 1 N–H and O–H groups in total. The summed E-state index contributed by atoms with van der Waals surface area (Å²) in [5.41, 5.74) is 1.64. The van der Waals surface area contributed by atoms with Gasteiger partial charge in [0.2, 0.25) is 0 Å². The molecule has 0 aliphatic rings. The highest BCUT2D eigenvalue weighted by atomic mass is 16.5. The third-order valence-electron chi connectivity index (χ3n) is 2.77. The van der Waals surface area contributed by atoms with Crippen molar-refractivity contribution in [3.8, 4) is 11.4 Å². The van der Waals surface area contributed by atoms with Gasteiger partial charge in [-0.3, -0.25) is 0 Å². The third kappa shape index (κ3) is 2.76. The zero-order valence-corrected chi connectivity index (χ0v) is 11.0. The summed E-state index contributed by atoms with van der Waals surface area (Å²) in [6.45, 7) is 4.43. The molecule has 0 radical (unpaired) electrons. The van der Waals surface area contributed by atoms with Crippen molar-refractivity contribution in [2.24, 2.45) is 0 Å². The molecule has 0 atom stereocenters. The van der Waals surface area contributed by atoms with Crippen molar-refractivity contribution in [1.29, 1.82) is 0 Å². The summed E-state index contributed by atoms with van der Waals surface area (Å²) in [7, 11) is 0. The third-order valence-corrected chi connectivity index (χ3v) is 2.77. The van der Waals surface area contributed by atoms with E-state index in [4.69, 9.17) is 9.84 Å². The molecule has 5 nitrogen and oxygen atoms in total. The number of benzene rings is 1. The molecule has 100 valence electrons. The number of carboxylic acid groups (broad SMARTS) is 1. The number of aromatic nitrogens is 2. The maximum atomic E-state index is 11.1. The van der Waals surface area contributed by atoms with Crippen molar-refractivity contribution < 1.29 is 14.6 Å². The Morgan fingerprint density at radius 2 is 2.00 bits per heavy atom. The molecule has 0 bridgehead atoms. The smallest absolute Gasteiger partial charge is 0.339 e. The summed E-state index contributed by atoms with van der Waals surface area (Å²) in [5, 5.41) is 13.4. The number of rotatable bonds is 5. The van der Waals surface area contributed by atoms with Crippen LogP contribution in [0.1, 0.15) is 29.9 Å². The molecule has 0 spiro atoms. The van der Waals surface area contributed by atoms with Crippen LogP contribution in [-0.4, -0.2) is 27.5 Å². The van der Waals surface area contributed by atoms with Gasteiger partial charge in [0.25, 0.3) is 0 Å². The summed E-state index contributed by atoms with van der Waals surface area (Å²) in [5.74, 6) is -0.165. The van der Waals surface area contributed by atoms with E-state index >= 15 is 0 Å². The molecule has 5 heteroatoms. The highest BCUT2D eigenvalue weighted by Gasteiger charge is 2.14. The van der Waals surface area contributed by atoms with E-state index in [9.17, 15) is 4.79 Å². The van der Waals surface area contributed by atoms with Gasteiger partial charge in [0.1, 0.15) is 11.3 Å². The second-order valence-electron chi connectivity index (χ2n) is 4.02. The Labute approximate surface area is 111 Å². The molecule has 0 fully saturated rings. The van der Waals surface area contributed by atoms with E-state index in [2.05, 4.69) is 5.10 Å². The first kappa shape index (κ1) is 13.1. The summed E-state index contributed by atoms with van der Waals surface area (Å²) >= 11 is 0. The second-order valence-corrected chi connectivity index (χ2v) is 4.02. The van der Waals surface area contributed by atoms with E-state index in [-0.39, 0.29) is 5.56 Å². The molecule has 1 aromatic heterocycles. The lowest BCUT2D eigenvalue weighted by Gasteiger charge is -2.04. The Bertz CT molecular complexity index is 573. The van der Waals surface area contributed by atoms with Gasteiger partial charge in [-0.2, -0.15) is 5.10 Å². The number of carbonyl (C=O) groups is 1. The Morgan fingerprint density at radius 1 is 1.32 bits per heavy atom. The minimum atomic E-state index is -0.950. The van der Waals surface area contributed by atoms with Crippen LogP contribution < -0.4 is 4.74 Å². The lowest BCUT2D eigenvalue weighted by atomic mass is 10.2. The van der Waals surface area contributed by atoms with Crippen LogP contribution in [0.25, 0.3) is 5.69 Å². The topological polar surface area (TPSA) is 64.3 Å². The van der Waals surface area contributed by atoms with Gasteiger partial charge >= 0.3 is 5.97 Å². The number of carboxylic acids is 1. The van der Waals surface area contributed by atoms with E-state index in [0.29, 0.717) is 18.7 Å². The van der Waals surface area contributed by atoms with Crippen LogP contribution in [0.5, 0.6) is 5.75 Å². The van der Waals surface area contributed by atoms with Crippen LogP contribution >= 0.6 is 0 Å². The first-order chi connectivity index (χ1) is 9.15. The summed E-state index contributed by atoms with van der Waals surface area (Å²) in [4.78, 5) is 11.1. The number of ether oxygens (including phenoxy) is 1. The number of aromatic carboxylic acids is 1. The van der Waals surface area contributed by atoms with E-state index < -0.39 is 5.97 Å². The van der Waals surface area contributed by atoms with Gasteiger partial charge < -0.3 is 9.84 Å². The predicted molar refractivity (Wildman–Crippen MR) is 71.1 cm³/mol. The van der Waals surface area contributed by atoms with Gasteiger partial charge in [-0.1, -0.05) is 6.92 Å². The van der Waals surface area contributed by atoms with Crippen LogP contribution in [0.4, 0.5) is 0 Å². The molecule has 1 aromatic carbocycles. The Kier molecular flexibility index (Phi) is 3.85. The zero-order valence-electron chi connectivity index (χ0n) is 11.0. The van der Waals surface area contributed by atoms with Crippen molar-refractivity contribution in [3.63, 3.8) is 0 Å². The van der Waals surface area contributed by atoms with Crippen molar-refractivity contribution in [3.05, 3.63) is 41.7 Å². The number of nitrogens with zero attached hydrogens (tertiary/aromatic N) is 2. The van der Waals surface area contributed by atoms with Crippen LogP contribution in [-0.2, 0) is 6.42 Å². The number of aryl methyl sites for hydroxylation is 1. The fourth-order valence-corrected chi connectivity index (χ4v) is 1.84. The van der Waals surface area contributed by atoms with Gasteiger partial charge in [-0.05, 0) is 37.6 Å². The van der Waals surface area contributed by atoms with Gasteiger partial charge in [0.15, 0.2) is 0 Å². The number of hydrogen-bond donors (Lipinski definition) is 1.